The molecule has 2 fully saturated rings. The van der Waals surface area contributed by atoms with Gasteiger partial charge in [0.25, 0.3) is 0 Å². The smallest absolute Gasteiger partial charge is 0.228 e. The zero-order valence-electron chi connectivity index (χ0n) is 6.92. The van der Waals surface area contributed by atoms with Crippen LogP contribution in [0.5, 0.6) is 0 Å². The lowest BCUT2D eigenvalue weighted by molar-refractivity contribution is -0.136. The summed E-state index contributed by atoms with van der Waals surface area (Å²) in [6, 6.07) is 0. The molecular weight excluding hydrogens is 159 g/mol. The Hall–Kier alpha value is -0.640. The van der Waals surface area contributed by atoms with Gasteiger partial charge in [-0.15, -0.1) is 0 Å². The van der Waals surface area contributed by atoms with E-state index in [1.54, 1.807) is 4.90 Å². The number of nitrogens with zero attached hydrogens (tertiary/aromatic N) is 1. The van der Waals surface area contributed by atoms with Gasteiger partial charge in [-0.2, -0.15) is 0 Å². The summed E-state index contributed by atoms with van der Waals surface area (Å²) in [6.45, 7) is 2.46. The summed E-state index contributed by atoms with van der Waals surface area (Å²) >= 11 is 0. The number of rotatable bonds is 1. The summed E-state index contributed by atoms with van der Waals surface area (Å²) in [4.78, 5) is 13.1. The van der Waals surface area contributed by atoms with Crippen molar-refractivity contribution in [2.24, 2.45) is 5.92 Å². The van der Waals surface area contributed by atoms with Crippen LogP contribution < -0.4 is 5.32 Å². The van der Waals surface area contributed by atoms with Crippen LogP contribution in [-0.4, -0.2) is 43.2 Å². The molecule has 1 atom stereocenters. The lowest BCUT2D eigenvalue weighted by Crippen LogP contribution is -2.51. The lowest BCUT2D eigenvalue weighted by atomic mass is 10.0. The van der Waals surface area contributed by atoms with Crippen LogP contribution in [-0.2, 0) is 4.79 Å². The van der Waals surface area contributed by atoms with Crippen molar-refractivity contribution in [3.63, 3.8) is 0 Å². The third kappa shape index (κ3) is 1.31. The maximum absolute atomic E-state index is 12.7. The number of carbonyl (C=O) groups excluding carboxylic acids is 1. The van der Waals surface area contributed by atoms with E-state index >= 15 is 0 Å². The summed E-state index contributed by atoms with van der Waals surface area (Å²) in [5, 5.41) is 3.04. The number of carbonyl (C=O) groups is 1. The molecule has 2 aliphatic heterocycles. The first-order valence-electron chi connectivity index (χ1n) is 4.41. The van der Waals surface area contributed by atoms with Crippen LogP contribution in [0.25, 0.3) is 0 Å². The summed E-state index contributed by atoms with van der Waals surface area (Å²) in [5.74, 6) is 0.254. The molecule has 1 unspecified atom stereocenters. The molecule has 3 nitrogen and oxygen atoms in total. The molecule has 0 aliphatic carbocycles. The van der Waals surface area contributed by atoms with Crippen LogP contribution in [0.4, 0.5) is 4.39 Å². The van der Waals surface area contributed by atoms with E-state index < -0.39 is 6.17 Å². The average Bonchev–Trinajstić information content (AvgIpc) is 2.31. The summed E-state index contributed by atoms with van der Waals surface area (Å²) in [5.41, 5.74) is 0. The second-order valence-corrected chi connectivity index (χ2v) is 3.53. The van der Waals surface area contributed by atoms with Crippen molar-refractivity contribution in [3.05, 3.63) is 0 Å². The molecule has 2 saturated heterocycles. The molecule has 0 aromatic carbocycles. The van der Waals surface area contributed by atoms with Gasteiger partial charge in [0.05, 0.1) is 12.5 Å². The Morgan fingerprint density at radius 2 is 2.25 bits per heavy atom. The van der Waals surface area contributed by atoms with Gasteiger partial charge in [-0.05, 0) is 6.42 Å². The van der Waals surface area contributed by atoms with Crippen molar-refractivity contribution in [1.29, 1.82) is 0 Å². The maximum Gasteiger partial charge on any atom is 0.228 e. The molecule has 0 saturated carbocycles. The Labute approximate surface area is 70.9 Å². The van der Waals surface area contributed by atoms with Crippen molar-refractivity contribution < 1.29 is 9.18 Å². The summed E-state index contributed by atoms with van der Waals surface area (Å²) in [7, 11) is 0. The largest absolute Gasteiger partial charge is 0.339 e. The predicted molar refractivity (Wildman–Crippen MR) is 42.5 cm³/mol. The summed E-state index contributed by atoms with van der Waals surface area (Å²) < 4.78 is 12.7. The number of likely N-dealkylation sites (tertiary alicyclic amines) is 1. The molecular formula is C8H13FN2O. The quantitative estimate of drug-likeness (QED) is 0.593. The fourth-order valence-electron chi connectivity index (χ4n) is 1.64. The third-order valence-corrected chi connectivity index (χ3v) is 2.57. The van der Waals surface area contributed by atoms with E-state index in [-0.39, 0.29) is 11.8 Å². The molecule has 2 heterocycles. The van der Waals surface area contributed by atoms with Crippen molar-refractivity contribution in [2.45, 2.75) is 12.6 Å². The number of nitrogens with one attached hydrogen (secondary N) is 1. The van der Waals surface area contributed by atoms with Crippen molar-refractivity contribution >= 4 is 5.91 Å². The number of hydrogen-bond donors (Lipinski definition) is 1. The molecule has 12 heavy (non-hydrogen) atoms. The van der Waals surface area contributed by atoms with Crippen LogP contribution >= 0.6 is 0 Å². The minimum Gasteiger partial charge on any atom is -0.339 e. The highest BCUT2D eigenvalue weighted by Gasteiger charge is 2.33. The number of alkyl halides is 1. The minimum atomic E-state index is -0.790. The predicted octanol–water partition coefficient (Wildman–Crippen LogP) is -0.224. The Bertz CT molecular complexity index is 193. The van der Waals surface area contributed by atoms with Gasteiger partial charge in [0.1, 0.15) is 6.17 Å². The Morgan fingerprint density at radius 1 is 1.50 bits per heavy atom. The van der Waals surface area contributed by atoms with Gasteiger partial charge in [0.15, 0.2) is 0 Å². The Balaban J connectivity index is 1.87. The van der Waals surface area contributed by atoms with E-state index in [2.05, 4.69) is 5.32 Å². The average molecular weight is 172 g/mol. The van der Waals surface area contributed by atoms with Crippen LogP contribution in [0, 0.1) is 5.92 Å². The molecule has 0 aromatic rings. The first-order chi connectivity index (χ1) is 5.77. The molecule has 4 heteroatoms. The normalized spacial score (nSPS) is 30.4. The molecule has 0 spiro atoms. The summed E-state index contributed by atoms with van der Waals surface area (Å²) in [6.07, 6.45) is -0.270. The van der Waals surface area contributed by atoms with Crippen LogP contribution in [0.1, 0.15) is 6.42 Å². The van der Waals surface area contributed by atoms with E-state index in [9.17, 15) is 9.18 Å². The fourth-order valence-corrected chi connectivity index (χ4v) is 1.64. The standard InChI is InChI=1S/C8H13FN2O/c9-7-1-2-11(5-7)8(12)6-3-10-4-6/h6-7,10H,1-5H2. The topological polar surface area (TPSA) is 32.3 Å². The number of halogens is 1. The van der Waals surface area contributed by atoms with Gasteiger partial charge in [-0.3, -0.25) is 4.79 Å². The first-order valence-corrected chi connectivity index (χ1v) is 4.41. The Morgan fingerprint density at radius 3 is 2.67 bits per heavy atom. The van der Waals surface area contributed by atoms with Crippen molar-refractivity contribution in [2.75, 3.05) is 26.2 Å². The molecule has 0 radical (unpaired) electrons. The second kappa shape index (κ2) is 3.01. The van der Waals surface area contributed by atoms with E-state index in [4.69, 9.17) is 0 Å². The third-order valence-electron chi connectivity index (χ3n) is 2.57. The van der Waals surface area contributed by atoms with E-state index in [1.165, 1.54) is 0 Å². The van der Waals surface area contributed by atoms with E-state index in [0.717, 1.165) is 13.1 Å². The zero-order valence-corrected chi connectivity index (χ0v) is 6.92. The zero-order chi connectivity index (χ0) is 8.55. The van der Waals surface area contributed by atoms with E-state index in [0.29, 0.717) is 19.5 Å². The van der Waals surface area contributed by atoms with Gasteiger partial charge < -0.3 is 10.2 Å². The Kier molecular flexibility index (Phi) is 2.00. The van der Waals surface area contributed by atoms with Crippen molar-refractivity contribution in [1.82, 2.24) is 10.2 Å². The van der Waals surface area contributed by atoms with Crippen LogP contribution in [0.2, 0.25) is 0 Å². The lowest BCUT2D eigenvalue weighted by Gasteiger charge is -2.29. The molecule has 1 amide bonds. The highest BCUT2D eigenvalue weighted by Crippen LogP contribution is 2.16. The molecule has 2 aliphatic rings. The first kappa shape index (κ1) is 7.98. The van der Waals surface area contributed by atoms with Crippen molar-refractivity contribution in [3.8, 4) is 0 Å². The van der Waals surface area contributed by atoms with Crippen LogP contribution in [0.3, 0.4) is 0 Å². The second-order valence-electron chi connectivity index (χ2n) is 3.53. The molecule has 0 aromatic heterocycles. The molecule has 1 N–H and O–H groups in total. The van der Waals surface area contributed by atoms with Crippen LogP contribution in [0.15, 0.2) is 0 Å². The molecule has 0 bridgehead atoms. The highest BCUT2D eigenvalue weighted by atomic mass is 19.1. The number of amides is 1. The SMILES string of the molecule is O=C(C1CNC1)N1CCC(F)C1. The fraction of sp³-hybridized carbons (Fsp3) is 0.875. The highest BCUT2D eigenvalue weighted by molar-refractivity contribution is 5.80. The van der Waals surface area contributed by atoms with Gasteiger partial charge in [-0.1, -0.05) is 0 Å². The minimum absolute atomic E-state index is 0.121. The van der Waals surface area contributed by atoms with E-state index in [1.807, 2.05) is 0 Å². The van der Waals surface area contributed by atoms with Gasteiger partial charge in [0, 0.05) is 19.6 Å². The maximum atomic E-state index is 12.7. The number of hydrogen-bond acceptors (Lipinski definition) is 2. The van der Waals surface area contributed by atoms with Gasteiger partial charge in [-0.25, -0.2) is 4.39 Å². The molecule has 68 valence electrons. The monoisotopic (exact) mass is 172 g/mol. The molecule has 2 rings (SSSR count). The van der Waals surface area contributed by atoms with Gasteiger partial charge >= 0.3 is 0 Å². The van der Waals surface area contributed by atoms with Gasteiger partial charge in [0.2, 0.25) is 5.91 Å².